The van der Waals surface area contributed by atoms with Gasteiger partial charge in [0.2, 0.25) is 0 Å². The minimum Gasteiger partial charge on any atom is -0.494 e. The van der Waals surface area contributed by atoms with Crippen molar-refractivity contribution in [1.29, 1.82) is 0 Å². The molecule has 154 valence electrons. The molecule has 6 nitrogen and oxygen atoms in total. The summed E-state index contributed by atoms with van der Waals surface area (Å²) in [4.78, 5) is 24.8. The van der Waals surface area contributed by atoms with Gasteiger partial charge in [0.25, 0.3) is 11.8 Å². The molecule has 0 aromatic heterocycles. The molecule has 2 N–H and O–H groups in total. The Bertz CT molecular complexity index is 981. The van der Waals surface area contributed by atoms with Crippen LogP contribution in [0, 0.1) is 0 Å². The molecule has 0 radical (unpaired) electrons. The van der Waals surface area contributed by atoms with Gasteiger partial charge in [-0.15, -0.1) is 0 Å². The number of ether oxygens (including phenoxy) is 2. The maximum Gasteiger partial charge on any atom is 0.255 e. The van der Waals surface area contributed by atoms with E-state index in [1.165, 1.54) is 0 Å². The van der Waals surface area contributed by atoms with Crippen LogP contribution in [0.15, 0.2) is 72.8 Å². The van der Waals surface area contributed by atoms with Gasteiger partial charge in [-0.2, -0.15) is 0 Å². The molecule has 0 heterocycles. The van der Waals surface area contributed by atoms with Crippen molar-refractivity contribution in [1.82, 2.24) is 0 Å². The Labute approximate surface area is 175 Å². The van der Waals surface area contributed by atoms with Crippen LogP contribution in [0.3, 0.4) is 0 Å². The number of nitrogens with one attached hydrogen (secondary N) is 2. The fourth-order valence-corrected chi connectivity index (χ4v) is 2.83. The second-order valence-electron chi connectivity index (χ2n) is 6.57. The van der Waals surface area contributed by atoms with Crippen molar-refractivity contribution in [2.24, 2.45) is 0 Å². The lowest BCUT2D eigenvalue weighted by Gasteiger charge is -2.09. The number of carbonyl (C=O) groups excluding carboxylic acids is 2. The molecule has 0 atom stereocenters. The summed E-state index contributed by atoms with van der Waals surface area (Å²) in [6.45, 7) is 3.01. The highest BCUT2D eigenvalue weighted by atomic mass is 16.5. The van der Waals surface area contributed by atoms with E-state index in [1.807, 2.05) is 19.1 Å². The smallest absolute Gasteiger partial charge is 0.255 e. The molecule has 3 rings (SSSR count). The summed E-state index contributed by atoms with van der Waals surface area (Å²) >= 11 is 0. The Morgan fingerprint density at radius 1 is 0.733 bits per heavy atom. The first kappa shape index (κ1) is 21.1. The summed E-state index contributed by atoms with van der Waals surface area (Å²) < 4.78 is 10.5. The zero-order valence-electron chi connectivity index (χ0n) is 17.0. The van der Waals surface area contributed by atoms with Gasteiger partial charge in [0.15, 0.2) is 0 Å². The highest BCUT2D eigenvalue weighted by Crippen LogP contribution is 2.17. The first-order valence-corrected chi connectivity index (χ1v) is 9.62. The Kier molecular flexibility index (Phi) is 7.19. The van der Waals surface area contributed by atoms with Gasteiger partial charge in [-0.25, -0.2) is 0 Å². The van der Waals surface area contributed by atoms with Crippen LogP contribution < -0.4 is 15.4 Å². The summed E-state index contributed by atoms with van der Waals surface area (Å²) in [6, 6.07) is 21.1. The number of anilines is 2. The summed E-state index contributed by atoms with van der Waals surface area (Å²) in [5.41, 5.74) is 3.33. The highest BCUT2D eigenvalue weighted by Gasteiger charge is 2.09. The second kappa shape index (κ2) is 10.2. The number of methoxy groups -OCH3 is 1. The molecular formula is C24H24N2O4. The number of hydrogen-bond donors (Lipinski definition) is 2. The van der Waals surface area contributed by atoms with Crippen LogP contribution in [0.2, 0.25) is 0 Å². The van der Waals surface area contributed by atoms with Crippen LogP contribution in [0.1, 0.15) is 33.2 Å². The molecule has 0 spiro atoms. The molecule has 2 amide bonds. The number of benzene rings is 3. The molecule has 0 aliphatic carbocycles. The molecule has 0 saturated carbocycles. The molecule has 6 heteroatoms. The van der Waals surface area contributed by atoms with E-state index >= 15 is 0 Å². The maximum atomic E-state index is 12.4. The van der Waals surface area contributed by atoms with E-state index in [0.29, 0.717) is 35.7 Å². The number of amides is 2. The predicted molar refractivity (Wildman–Crippen MR) is 117 cm³/mol. The molecule has 0 unspecified atom stereocenters. The minimum atomic E-state index is -0.231. The highest BCUT2D eigenvalue weighted by molar-refractivity contribution is 6.06. The third-order valence-corrected chi connectivity index (χ3v) is 4.36. The number of rotatable bonds is 8. The molecule has 0 bridgehead atoms. The van der Waals surface area contributed by atoms with Gasteiger partial charge in [0.05, 0.1) is 13.2 Å². The van der Waals surface area contributed by atoms with Crippen molar-refractivity contribution >= 4 is 23.2 Å². The van der Waals surface area contributed by atoms with Gasteiger partial charge in [0.1, 0.15) is 5.75 Å². The summed E-state index contributed by atoms with van der Waals surface area (Å²) in [5, 5.41) is 5.67. The van der Waals surface area contributed by atoms with Crippen LogP contribution in [-0.2, 0) is 11.3 Å². The standard InChI is InChI=1S/C24H24N2O4/c1-3-30-22-14-12-21(13-15-22)26-24(28)19-8-10-20(11-9-19)25-23(27)18-6-4-17(5-7-18)16-29-2/h4-15H,3,16H2,1-2H3,(H,25,27)(H,26,28). The lowest BCUT2D eigenvalue weighted by atomic mass is 10.1. The van der Waals surface area contributed by atoms with E-state index < -0.39 is 0 Å². The van der Waals surface area contributed by atoms with Crippen molar-refractivity contribution in [3.8, 4) is 5.75 Å². The van der Waals surface area contributed by atoms with E-state index in [0.717, 1.165) is 11.3 Å². The van der Waals surface area contributed by atoms with E-state index in [2.05, 4.69) is 10.6 Å². The minimum absolute atomic E-state index is 0.217. The van der Waals surface area contributed by atoms with Crippen LogP contribution in [0.25, 0.3) is 0 Å². The Morgan fingerprint density at radius 3 is 1.67 bits per heavy atom. The number of carbonyl (C=O) groups is 2. The van der Waals surface area contributed by atoms with E-state index in [-0.39, 0.29) is 11.8 Å². The van der Waals surface area contributed by atoms with E-state index in [4.69, 9.17) is 9.47 Å². The zero-order valence-corrected chi connectivity index (χ0v) is 17.0. The summed E-state index contributed by atoms with van der Waals surface area (Å²) in [5.74, 6) is 0.306. The number of hydrogen-bond acceptors (Lipinski definition) is 4. The largest absolute Gasteiger partial charge is 0.494 e. The molecule has 30 heavy (non-hydrogen) atoms. The van der Waals surface area contributed by atoms with Gasteiger partial charge in [-0.1, -0.05) is 12.1 Å². The van der Waals surface area contributed by atoms with Crippen LogP contribution >= 0.6 is 0 Å². The van der Waals surface area contributed by atoms with Crippen LogP contribution in [0.4, 0.5) is 11.4 Å². The predicted octanol–water partition coefficient (Wildman–Crippen LogP) is 4.74. The Hall–Kier alpha value is -3.64. The van der Waals surface area contributed by atoms with E-state index in [1.54, 1.807) is 67.8 Å². The fourth-order valence-electron chi connectivity index (χ4n) is 2.83. The van der Waals surface area contributed by atoms with E-state index in [9.17, 15) is 9.59 Å². The summed E-state index contributed by atoms with van der Waals surface area (Å²) in [6.07, 6.45) is 0. The van der Waals surface area contributed by atoms with Crippen molar-refractivity contribution in [3.05, 3.63) is 89.5 Å². The van der Waals surface area contributed by atoms with Crippen molar-refractivity contribution in [2.45, 2.75) is 13.5 Å². The van der Waals surface area contributed by atoms with Gasteiger partial charge in [-0.05, 0) is 73.2 Å². The molecule has 0 aliphatic heterocycles. The van der Waals surface area contributed by atoms with Crippen molar-refractivity contribution in [3.63, 3.8) is 0 Å². The normalized spacial score (nSPS) is 10.3. The SMILES string of the molecule is CCOc1ccc(NC(=O)c2ccc(NC(=O)c3ccc(COC)cc3)cc2)cc1. The average Bonchev–Trinajstić information content (AvgIpc) is 2.76. The molecule has 0 saturated heterocycles. The lowest BCUT2D eigenvalue weighted by Crippen LogP contribution is -2.13. The molecule has 3 aromatic rings. The van der Waals surface area contributed by atoms with Crippen molar-refractivity contribution in [2.75, 3.05) is 24.4 Å². The average molecular weight is 404 g/mol. The van der Waals surface area contributed by atoms with Crippen LogP contribution in [0.5, 0.6) is 5.75 Å². The molecule has 3 aromatic carbocycles. The van der Waals surface area contributed by atoms with Crippen molar-refractivity contribution < 1.29 is 19.1 Å². The Morgan fingerprint density at radius 2 is 1.20 bits per heavy atom. The fraction of sp³-hybridized carbons (Fsp3) is 0.167. The lowest BCUT2D eigenvalue weighted by molar-refractivity contribution is 0.102. The molecule has 0 fully saturated rings. The maximum absolute atomic E-state index is 12.4. The summed E-state index contributed by atoms with van der Waals surface area (Å²) in [7, 11) is 1.63. The van der Waals surface area contributed by atoms with Gasteiger partial charge < -0.3 is 20.1 Å². The first-order valence-electron chi connectivity index (χ1n) is 9.62. The van der Waals surface area contributed by atoms with Gasteiger partial charge in [-0.3, -0.25) is 9.59 Å². The Balaban J connectivity index is 1.58. The van der Waals surface area contributed by atoms with Gasteiger partial charge >= 0.3 is 0 Å². The first-order chi connectivity index (χ1) is 14.6. The third kappa shape index (κ3) is 5.68. The second-order valence-corrected chi connectivity index (χ2v) is 6.57. The zero-order chi connectivity index (χ0) is 21.3. The topological polar surface area (TPSA) is 76.7 Å². The monoisotopic (exact) mass is 404 g/mol. The van der Waals surface area contributed by atoms with Gasteiger partial charge in [0, 0.05) is 29.6 Å². The molecule has 0 aliphatic rings. The quantitative estimate of drug-likeness (QED) is 0.569. The van der Waals surface area contributed by atoms with Crippen LogP contribution in [-0.4, -0.2) is 25.5 Å². The third-order valence-electron chi connectivity index (χ3n) is 4.36. The molecular weight excluding hydrogens is 380 g/mol.